The second kappa shape index (κ2) is 5.57. The van der Waals surface area contributed by atoms with Crippen molar-refractivity contribution in [3.8, 4) is 0 Å². The van der Waals surface area contributed by atoms with Gasteiger partial charge in [-0.05, 0) is 32.4 Å². The molecule has 3 nitrogen and oxygen atoms in total. The summed E-state index contributed by atoms with van der Waals surface area (Å²) in [7, 11) is 0. The summed E-state index contributed by atoms with van der Waals surface area (Å²) in [5.41, 5.74) is 0.854. The molecule has 0 spiro atoms. The summed E-state index contributed by atoms with van der Waals surface area (Å²) in [6.45, 7) is 6.17. The van der Waals surface area contributed by atoms with Crippen molar-refractivity contribution in [2.24, 2.45) is 0 Å². The monoisotopic (exact) mass is 262 g/mol. The Hall–Kier alpha value is -1.29. The average Bonchev–Trinajstić information content (AvgIpc) is 2.36. The molecule has 0 aliphatic heterocycles. The number of thioether (sulfide) groups is 1. The lowest BCUT2D eigenvalue weighted by Gasteiger charge is -2.15. The first-order valence-corrected chi connectivity index (χ1v) is 7.27. The van der Waals surface area contributed by atoms with Crippen molar-refractivity contribution in [1.82, 2.24) is 9.55 Å². The molecule has 0 aliphatic carbocycles. The number of benzene rings is 1. The molecule has 0 unspecified atom stereocenters. The summed E-state index contributed by atoms with van der Waals surface area (Å²) < 4.78 is 1.79. The Balaban J connectivity index is 2.67. The van der Waals surface area contributed by atoms with Crippen LogP contribution < -0.4 is 5.56 Å². The predicted molar refractivity (Wildman–Crippen MR) is 77.4 cm³/mol. The molecule has 1 aromatic carbocycles. The number of nitrogens with zero attached hydrogens (tertiary/aromatic N) is 2. The van der Waals surface area contributed by atoms with Crippen molar-refractivity contribution in [3.63, 3.8) is 0 Å². The first kappa shape index (κ1) is 13.1. The minimum absolute atomic E-state index is 0.0641. The van der Waals surface area contributed by atoms with E-state index in [1.165, 1.54) is 0 Å². The highest BCUT2D eigenvalue weighted by molar-refractivity contribution is 7.99. The average molecular weight is 262 g/mol. The van der Waals surface area contributed by atoms with Crippen molar-refractivity contribution in [3.05, 3.63) is 34.6 Å². The van der Waals surface area contributed by atoms with Crippen LogP contribution in [0.25, 0.3) is 10.9 Å². The van der Waals surface area contributed by atoms with Gasteiger partial charge in [-0.3, -0.25) is 9.36 Å². The van der Waals surface area contributed by atoms with Crippen LogP contribution in [0, 0.1) is 0 Å². The van der Waals surface area contributed by atoms with Gasteiger partial charge in [0.15, 0.2) is 5.16 Å². The highest BCUT2D eigenvalue weighted by Crippen LogP contribution is 2.21. The van der Waals surface area contributed by atoms with Crippen molar-refractivity contribution in [2.75, 3.05) is 5.75 Å². The molecule has 2 rings (SSSR count). The van der Waals surface area contributed by atoms with Gasteiger partial charge in [0.1, 0.15) is 0 Å². The van der Waals surface area contributed by atoms with E-state index < -0.39 is 0 Å². The van der Waals surface area contributed by atoms with Crippen LogP contribution in [0.4, 0.5) is 0 Å². The minimum Gasteiger partial charge on any atom is -0.285 e. The third-order valence-corrected chi connectivity index (χ3v) is 3.89. The van der Waals surface area contributed by atoms with Gasteiger partial charge in [0, 0.05) is 11.8 Å². The molecule has 0 N–H and O–H groups in total. The zero-order valence-electron chi connectivity index (χ0n) is 11.0. The Labute approximate surface area is 111 Å². The summed E-state index contributed by atoms with van der Waals surface area (Å²) in [6.07, 6.45) is 1.07. The van der Waals surface area contributed by atoms with E-state index in [2.05, 4.69) is 11.9 Å². The van der Waals surface area contributed by atoms with Crippen LogP contribution in [0.1, 0.15) is 33.2 Å². The Morgan fingerprint density at radius 2 is 2.06 bits per heavy atom. The van der Waals surface area contributed by atoms with E-state index in [4.69, 9.17) is 0 Å². The fraction of sp³-hybridized carbons (Fsp3) is 0.429. The van der Waals surface area contributed by atoms with Crippen LogP contribution in [0.15, 0.2) is 34.2 Å². The van der Waals surface area contributed by atoms with Gasteiger partial charge in [-0.25, -0.2) is 4.98 Å². The second-order valence-electron chi connectivity index (χ2n) is 4.53. The van der Waals surface area contributed by atoms with Crippen LogP contribution in [-0.4, -0.2) is 15.3 Å². The molecule has 1 heterocycles. The van der Waals surface area contributed by atoms with Gasteiger partial charge in [0.2, 0.25) is 0 Å². The molecule has 0 amide bonds. The lowest BCUT2D eigenvalue weighted by molar-refractivity contribution is 0.519. The molecular formula is C14H18N2OS. The van der Waals surface area contributed by atoms with Crippen LogP contribution >= 0.6 is 11.8 Å². The Bertz CT molecular complexity index is 604. The predicted octanol–water partition coefficient (Wildman–Crippen LogP) is 3.48. The van der Waals surface area contributed by atoms with Gasteiger partial charge in [-0.1, -0.05) is 30.8 Å². The molecule has 0 saturated heterocycles. The van der Waals surface area contributed by atoms with Crippen molar-refractivity contribution in [1.29, 1.82) is 0 Å². The topological polar surface area (TPSA) is 34.9 Å². The first-order valence-electron chi connectivity index (χ1n) is 6.29. The molecule has 0 bridgehead atoms. The summed E-state index contributed by atoms with van der Waals surface area (Å²) in [4.78, 5) is 17.1. The number of rotatable bonds is 4. The summed E-state index contributed by atoms with van der Waals surface area (Å²) in [5.74, 6) is 0.984. The normalized spacial score (nSPS) is 11.3. The summed E-state index contributed by atoms with van der Waals surface area (Å²) in [5, 5.41) is 1.53. The number of para-hydroxylation sites is 1. The quantitative estimate of drug-likeness (QED) is 0.625. The van der Waals surface area contributed by atoms with E-state index in [1.807, 2.05) is 38.1 Å². The largest absolute Gasteiger partial charge is 0.285 e. The molecule has 4 heteroatoms. The van der Waals surface area contributed by atoms with Gasteiger partial charge in [0.05, 0.1) is 10.9 Å². The van der Waals surface area contributed by atoms with E-state index in [-0.39, 0.29) is 11.6 Å². The van der Waals surface area contributed by atoms with Gasteiger partial charge < -0.3 is 0 Å². The lowest BCUT2D eigenvalue weighted by atomic mass is 10.2. The maximum atomic E-state index is 12.5. The maximum absolute atomic E-state index is 12.5. The van der Waals surface area contributed by atoms with Gasteiger partial charge >= 0.3 is 0 Å². The minimum atomic E-state index is 0.0641. The third kappa shape index (κ3) is 2.43. The highest BCUT2D eigenvalue weighted by atomic mass is 32.2. The number of aromatic nitrogens is 2. The molecule has 1 aromatic heterocycles. The van der Waals surface area contributed by atoms with Crippen LogP contribution in [0.5, 0.6) is 0 Å². The molecule has 18 heavy (non-hydrogen) atoms. The summed E-state index contributed by atoms with van der Waals surface area (Å²) >= 11 is 1.66. The van der Waals surface area contributed by atoms with Crippen LogP contribution in [0.3, 0.4) is 0 Å². The van der Waals surface area contributed by atoms with Crippen molar-refractivity contribution < 1.29 is 0 Å². The molecule has 0 saturated carbocycles. The lowest BCUT2D eigenvalue weighted by Crippen LogP contribution is -2.25. The molecule has 96 valence electrons. The smallest absolute Gasteiger partial charge is 0.262 e. The van der Waals surface area contributed by atoms with E-state index in [9.17, 15) is 4.79 Å². The molecule has 2 aromatic rings. The summed E-state index contributed by atoms with van der Waals surface area (Å²) in [6, 6.07) is 7.68. The SMILES string of the molecule is CCCSc1nc2ccccc2c(=O)n1C(C)C. The van der Waals surface area contributed by atoms with E-state index in [0.29, 0.717) is 5.39 Å². The molecule has 0 atom stereocenters. The standard InChI is InChI=1S/C14H18N2OS/c1-4-9-18-14-15-12-8-6-5-7-11(12)13(17)16(14)10(2)3/h5-8,10H,4,9H2,1-3H3. The van der Waals surface area contributed by atoms with Crippen molar-refractivity contribution >= 4 is 22.7 Å². The molecular weight excluding hydrogens is 244 g/mol. The number of fused-ring (bicyclic) bond motifs is 1. The van der Waals surface area contributed by atoms with Crippen molar-refractivity contribution in [2.45, 2.75) is 38.4 Å². The van der Waals surface area contributed by atoms with Crippen LogP contribution in [0.2, 0.25) is 0 Å². The molecule has 0 aliphatic rings. The third-order valence-electron chi connectivity index (χ3n) is 2.73. The second-order valence-corrected chi connectivity index (χ2v) is 5.59. The maximum Gasteiger partial charge on any atom is 0.262 e. The Morgan fingerprint density at radius 1 is 1.33 bits per heavy atom. The van der Waals surface area contributed by atoms with Gasteiger partial charge in [-0.15, -0.1) is 0 Å². The fourth-order valence-corrected chi connectivity index (χ4v) is 2.86. The highest BCUT2D eigenvalue weighted by Gasteiger charge is 2.13. The Kier molecular flexibility index (Phi) is 4.07. The zero-order chi connectivity index (χ0) is 13.1. The van der Waals surface area contributed by atoms with Gasteiger partial charge in [-0.2, -0.15) is 0 Å². The molecule has 0 radical (unpaired) electrons. The van der Waals surface area contributed by atoms with Crippen LogP contribution in [-0.2, 0) is 0 Å². The fourth-order valence-electron chi connectivity index (χ4n) is 1.88. The number of hydrogen-bond donors (Lipinski definition) is 0. The number of hydrogen-bond acceptors (Lipinski definition) is 3. The molecule has 0 fully saturated rings. The van der Waals surface area contributed by atoms with Gasteiger partial charge in [0.25, 0.3) is 5.56 Å². The van der Waals surface area contributed by atoms with E-state index in [1.54, 1.807) is 16.3 Å². The first-order chi connectivity index (χ1) is 8.65. The Morgan fingerprint density at radius 3 is 2.72 bits per heavy atom. The van der Waals surface area contributed by atoms with E-state index in [0.717, 1.165) is 22.8 Å². The zero-order valence-corrected chi connectivity index (χ0v) is 11.8. The van der Waals surface area contributed by atoms with E-state index >= 15 is 0 Å².